The molecular formula is C13H17N5O4. The van der Waals surface area contributed by atoms with E-state index in [1.165, 1.54) is 19.6 Å². The molecule has 0 spiro atoms. The van der Waals surface area contributed by atoms with Crippen molar-refractivity contribution < 1.29 is 14.6 Å². The van der Waals surface area contributed by atoms with Gasteiger partial charge in [-0.1, -0.05) is 0 Å². The Morgan fingerprint density at radius 3 is 3.05 bits per heavy atom. The van der Waals surface area contributed by atoms with E-state index in [0.717, 1.165) is 0 Å². The number of carbonyl (C=O) groups is 1. The number of amides is 1. The molecule has 0 aliphatic carbocycles. The maximum absolute atomic E-state index is 11.7. The van der Waals surface area contributed by atoms with Gasteiger partial charge in [-0.25, -0.2) is 9.97 Å². The van der Waals surface area contributed by atoms with E-state index in [4.69, 9.17) is 4.74 Å². The van der Waals surface area contributed by atoms with E-state index in [1.54, 1.807) is 11.5 Å². The van der Waals surface area contributed by atoms with Gasteiger partial charge in [0, 0.05) is 13.3 Å². The summed E-state index contributed by atoms with van der Waals surface area (Å²) in [6.45, 7) is 3.02. The lowest BCUT2D eigenvalue weighted by atomic mass is 10.1. The van der Waals surface area contributed by atoms with Gasteiger partial charge >= 0.3 is 0 Å². The summed E-state index contributed by atoms with van der Waals surface area (Å²) in [6, 6.07) is -0.318. The minimum atomic E-state index is -0.743. The molecule has 0 radical (unpaired) electrons. The van der Waals surface area contributed by atoms with Crippen LogP contribution in [0.25, 0.3) is 11.2 Å². The molecule has 3 heterocycles. The Kier molecular flexibility index (Phi) is 3.67. The van der Waals surface area contributed by atoms with E-state index >= 15 is 0 Å². The second-order valence-corrected chi connectivity index (χ2v) is 5.39. The van der Waals surface area contributed by atoms with Gasteiger partial charge < -0.3 is 20.1 Å². The van der Waals surface area contributed by atoms with Crippen LogP contribution in [0.1, 0.15) is 26.5 Å². The van der Waals surface area contributed by atoms with Crippen molar-refractivity contribution in [2.24, 2.45) is 0 Å². The van der Waals surface area contributed by atoms with Crippen LogP contribution in [-0.2, 0) is 9.53 Å². The van der Waals surface area contributed by atoms with Crippen LogP contribution in [-0.4, -0.2) is 48.8 Å². The molecule has 1 aliphatic heterocycles. The predicted molar refractivity (Wildman–Crippen MR) is 76.0 cm³/mol. The highest BCUT2D eigenvalue weighted by molar-refractivity contribution is 5.73. The molecule has 22 heavy (non-hydrogen) atoms. The van der Waals surface area contributed by atoms with Crippen LogP contribution in [0.2, 0.25) is 0 Å². The molecule has 0 saturated carbocycles. The van der Waals surface area contributed by atoms with Crippen molar-refractivity contribution in [1.29, 1.82) is 0 Å². The van der Waals surface area contributed by atoms with Crippen molar-refractivity contribution in [2.45, 2.75) is 44.7 Å². The highest BCUT2D eigenvalue weighted by Gasteiger charge is 2.39. The molecule has 2 aromatic rings. The number of aliphatic hydroxyl groups excluding tert-OH is 1. The van der Waals surface area contributed by atoms with Crippen LogP contribution in [0.15, 0.2) is 17.4 Å². The molecular weight excluding hydrogens is 290 g/mol. The van der Waals surface area contributed by atoms with Crippen molar-refractivity contribution in [3.63, 3.8) is 0 Å². The summed E-state index contributed by atoms with van der Waals surface area (Å²) in [5, 5.41) is 12.6. The first-order chi connectivity index (χ1) is 10.5. The van der Waals surface area contributed by atoms with E-state index in [0.29, 0.717) is 12.1 Å². The number of nitrogens with zero attached hydrogens (tertiary/aromatic N) is 3. The summed E-state index contributed by atoms with van der Waals surface area (Å²) in [4.78, 5) is 33.6. The number of nitrogens with one attached hydrogen (secondary N) is 2. The zero-order valence-corrected chi connectivity index (χ0v) is 12.2. The zero-order chi connectivity index (χ0) is 15.9. The zero-order valence-electron chi connectivity index (χ0n) is 12.2. The fourth-order valence-corrected chi connectivity index (χ4v) is 2.79. The van der Waals surface area contributed by atoms with Crippen LogP contribution in [0, 0.1) is 0 Å². The van der Waals surface area contributed by atoms with Gasteiger partial charge in [0.25, 0.3) is 5.56 Å². The first-order valence-electron chi connectivity index (χ1n) is 6.98. The summed E-state index contributed by atoms with van der Waals surface area (Å²) in [5.74, 6) is -0.190. The third kappa shape index (κ3) is 2.48. The smallest absolute Gasteiger partial charge is 0.278 e. The van der Waals surface area contributed by atoms with E-state index in [1.807, 2.05) is 0 Å². The van der Waals surface area contributed by atoms with Gasteiger partial charge in [0.2, 0.25) is 5.91 Å². The number of fused-ring (bicyclic) bond motifs is 1. The first-order valence-corrected chi connectivity index (χ1v) is 6.98. The van der Waals surface area contributed by atoms with Crippen LogP contribution in [0.4, 0.5) is 0 Å². The van der Waals surface area contributed by atoms with Crippen LogP contribution in [0.3, 0.4) is 0 Å². The monoisotopic (exact) mass is 307 g/mol. The fraction of sp³-hybridized carbons (Fsp3) is 0.538. The standard InChI is InChI=1S/C13H17N5O4/c1-6(19)11-8(17-7(2)20)3-9(22-11)18-5-16-10-12(18)14-4-15-13(10)21/h4-6,8-9,11,19H,3H2,1-2H3,(H,17,20)(H,14,15,21). The third-order valence-electron chi connectivity index (χ3n) is 3.71. The Morgan fingerprint density at radius 1 is 1.59 bits per heavy atom. The van der Waals surface area contributed by atoms with Gasteiger partial charge in [-0.05, 0) is 6.92 Å². The average molecular weight is 307 g/mol. The molecule has 118 valence electrons. The number of hydrogen-bond donors (Lipinski definition) is 3. The normalized spacial score (nSPS) is 26.2. The lowest BCUT2D eigenvalue weighted by Crippen LogP contribution is -2.44. The molecule has 1 fully saturated rings. The van der Waals surface area contributed by atoms with Gasteiger partial charge in [-0.2, -0.15) is 0 Å². The highest BCUT2D eigenvalue weighted by atomic mass is 16.5. The van der Waals surface area contributed by atoms with Gasteiger partial charge in [0.15, 0.2) is 11.2 Å². The Labute approximate surface area is 125 Å². The minimum Gasteiger partial charge on any atom is -0.391 e. The number of imidazole rings is 1. The van der Waals surface area contributed by atoms with Crippen molar-refractivity contribution in [1.82, 2.24) is 24.8 Å². The molecule has 3 rings (SSSR count). The molecule has 0 aromatic carbocycles. The van der Waals surface area contributed by atoms with Crippen LogP contribution in [0.5, 0.6) is 0 Å². The number of aromatic nitrogens is 4. The van der Waals surface area contributed by atoms with Gasteiger partial charge in [0.1, 0.15) is 12.3 Å². The highest BCUT2D eigenvalue weighted by Crippen LogP contribution is 2.31. The summed E-state index contributed by atoms with van der Waals surface area (Å²) < 4.78 is 7.48. The molecule has 9 nitrogen and oxygen atoms in total. The Bertz CT molecular complexity index is 752. The van der Waals surface area contributed by atoms with E-state index in [9.17, 15) is 14.7 Å². The summed E-state index contributed by atoms with van der Waals surface area (Å²) in [6.07, 6.45) is 1.49. The number of H-pyrrole nitrogens is 1. The molecule has 1 amide bonds. The van der Waals surface area contributed by atoms with Crippen LogP contribution >= 0.6 is 0 Å². The average Bonchev–Trinajstić information content (AvgIpc) is 3.02. The number of aliphatic hydroxyl groups is 1. The topological polar surface area (TPSA) is 122 Å². The lowest BCUT2D eigenvalue weighted by molar-refractivity contribution is -0.120. The summed E-state index contributed by atoms with van der Waals surface area (Å²) in [5.41, 5.74) is 0.302. The first kappa shape index (κ1) is 14.7. The molecule has 0 bridgehead atoms. The summed E-state index contributed by atoms with van der Waals surface area (Å²) >= 11 is 0. The van der Waals surface area contributed by atoms with E-state index in [-0.39, 0.29) is 23.0 Å². The Hall–Kier alpha value is -2.26. The van der Waals surface area contributed by atoms with Crippen molar-refractivity contribution in [2.75, 3.05) is 0 Å². The van der Waals surface area contributed by atoms with Gasteiger partial charge in [0.05, 0.1) is 24.8 Å². The fourth-order valence-electron chi connectivity index (χ4n) is 2.79. The number of hydrogen-bond acceptors (Lipinski definition) is 6. The van der Waals surface area contributed by atoms with Gasteiger partial charge in [-0.3, -0.25) is 14.2 Å². The van der Waals surface area contributed by atoms with Crippen molar-refractivity contribution >= 4 is 17.1 Å². The predicted octanol–water partition coefficient (Wildman–Crippen LogP) is -0.707. The number of carbonyl (C=O) groups excluding carboxylic acids is 1. The second kappa shape index (κ2) is 5.50. The number of aromatic amines is 1. The Balaban J connectivity index is 1.93. The third-order valence-corrected chi connectivity index (χ3v) is 3.71. The van der Waals surface area contributed by atoms with Crippen LogP contribution < -0.4 is 10.9 Å². The quantitative estimate of drug-likeness (QED) is 0.689. The van der Waals surface area contributed by atoms with Crippen molar-refractivity contribution in [3.8, 4) is 0 Å². The number of ether oxygens (including phenoxy) is 1. The molecule has 4 atom stereocenters. The lowest BCUT2D eigenvalue weighted by Gasteiger charge is -2.21. The minimum absolute atomic E-state index is 0.190. The second-order valence-electron chi connectivity index (χ2n) is 5.39. The molecule has 3 N–H and O–H groups in total. The van der Waals surface area contributed by atoms with Crippen molar-refractivity contribution in [3.05, 3.63) is 23.0 Å². The molecule has 9 heteroatoms. The van der Waals surface area contributed by atoms with Gasteiger partial charge in [-0.15, -0.1) is 0 Å². The maximum atomic E-state index is 11.7. The maximum Gasteiger partial charge on any atom is 0.278 e. The summed E-state index contributed by atoms with van der Waals surface area (Å²) in [7, 11) is 0. The molecule has 1 saturated heterocycles. The molecule has 4 unspecified atom stereocenters. The molecule has 2 aromatic heterocycles. The SMILES string of the molecule is CC(=O)NC1CC(n2cnc3c(=O)[nH]cnc32)OC1C(C)O. The van der Waals surface area contributed by atoms with E-state index < -0.39 is 18.4 Å². The molecule has 1 aliphatic rings. The largest absolute Gasteiger partial charge is 0.391 e. The number of rotatable bonds is 3. The van der Waals surface area contributed by atoms with E-state index in [2.05, 4.69) is 20.3 Å². The Morgan fingerprint density at radius 2 is 2.36 bits per heavy atom.